The average molecular weight is 309 g/mol. The lowest BCUT2D eigenvalue weighted by Gasteiger charge is -2.29. The summed E-state index contributed by atoms with van der Waals surface area (Å²) in [5.74, 6) is -0.185. The number of carbonyl (C=O) groups is 1. The Hall–Kier alpha value is -2.62. The second-order valence-corrected chi connectivity index (χ2v) is 5.61. The monoisotopic (exact) mass is 309 g/mol. The number of nitrogens with one attached hydrogen (secondary N) is 1. The topological polar surface area (TPSA) is 45.2 Å². The Kier molecular flexibility index (Phi) is 5.92. The highest BCUT2D eigenvalue weighted by atomic mass is 16.1. The molecular formula is C19H23N3O. The van der Waals surface area contributed by atoms with Crippen LogP contribution in [0.25, 0.3) is 0 Å². The van der Waals surface area contributed by atoms with E-state index in [0.717, 1.165) is 12.2 Å². The van der Waals surface area contributed by atoms with Crippen molar-refractivity contribution >= 4 is 11.6 Å². The quantitative estimate of drug-likeness (QED) is 0.797. The van der Waals surface area contributed by atoms with Gasteiger partial charge in [-0.15, -0.1) is 6.58 Å². The number of anilines is 1. The first-order chi connectivity index (χ1) is 11.1. The van der Waals surface area contributed by atoms with Crippen molar-refractivity contribution in [3.05, 3.63) is 72.6 Å². The molecule has 0 aliphatic rings. The first kappa shape index (κ1) is 16.7. The van der Waals surface area contributed by atoms with Crippen LogP contribution in [0.2, 0.25) is 0 Å². The number of hydrogen-bond acceptors (Lipinski definition) is 3. The van der Waals surface area contributed by atoms with E-state index in [1.165, 1.54) is 5.56 Å². The summed E-state index contributed by atoms with van der Waals surface area (Å²) >= 11 is 0. The van der Waals surface area contributed by atoms with Gasteiger partial charge in [-0.2, -0.15) is 0 Å². The molecular weight excluding hydrogens is 286 g/mol. The van der Waals surface area contributed by atoms with Crippen LogP contribution in [-0.2, 0) is 6.54 Å². The number of carbonyl (C=O) groups excluding carboxylic acids is 1. The second kappa shape index (κ2) is 8.13. The molecule has 0 bridgehead atoms. The first-order valence-corrected chi connectivity index (χ1v) is 7.77. The fourth-order valence-corrected chi connectivity index (χ4v) is 2.30. The molecule has 0 saturated carbocycles. The predicted octanol–water partition coefficient (Wildman–Crippen LogP) is 3.41. The Balaban J connectivity index is 2.14. The zero-order valence-corrected chi connectivity index (χ0v) is 13.7. The van der Waals surface area contributed by atoms with E-state index in [4.69, 9.17) is 0 Å². The maximum atomic E-state index is 11.9. The summed E-state index contributed by atoms with van der Waals surface area (Å²) in [4.78, 5) is 18.4. The minimum atomic E-state index is -0.185. The van der Waals surface area contributed by atoms with Gasteiger partial charge < -0.3 is 10.2 Å². The fourth-order valence-electron chi connectivity index (χ4n) is 2.30. The third-order valence-electron chi connectivity index (χ3n) is 3.54. The van der Waals surface area contributed by atoms with Crippen molar-refractivity contribution in [3.8, 4) is 0 Å². The molecule has 0 fully saturated rings. The van der Waals surface area contributed by atoms with Crippen molar-refractivity contribution < 1.29 is 4.79 Å². The molecule has 0 radical (unpaired) electrons. The predicted molar refractivity (Wildman–Crippen MR) is 94.5 cm³/mol. The van der Waals surface area contributed by atoms with Gasteiger partial charge in [-0.3, -0.25) is 4.79 Å². The van der Waals surface area contributed by atoms with Crippen molar-refractivity contribution in [2.45, 2.75) is 26.4 Å². The van der Waals surface area contributed by atoms with Gasteiger partial charge in [-0.1, -0.05) is 36.4 Å². The van der Waals surface area contributed by atoms with E-state index in [-0.39, 0.29) is 5.91 Å². The maximum Gasteiger partial charge on any atom is 0.270 e. The zero-order valence-electron chi connectivity index (χ0n) is 13.7. The van der Waals surface area contributed by atoms with Gasteiger partial charge in [0, 0.05) is 19.1 Å². The number of benzene rings is 1. The molecule has 0 atom stereocenters. The fraction of sp³-hybridized carbons (Fsp3) is 0.263. The molecule has 23 heavy (non-hydrogen) atoms. The summed E-state index contributed by atoms with van der Waals surface area (Å²) in [7, 11) is 0. The van der Waals surface area contributed by atoms with Gasteiger partial charge in [0.15, 0.2) is 0 Å². The van der Waals surface area contributed by atoms with E-state index >= 15 is 0 Å². The molecule has 0 aliphatic carbocycles. The summed E-state index contributed by atoms with van der Waals surface area (Å²) in [6, 6.07) is 14.4. The molecule has 120 valence electrons. The van der Waals surface area contributed by atoms with Gasteiger partial charge in [-0.05, 0) is 31.5 Å². The number of nitrogens with zero attached hydrogens (tertiary/aromatic N) is 2. The van der Waals surface area contributed by atoms with Crippen molar-refractivity contribution in [3.63, 3.8) is 0 Å². The average Bonchev–Trinajstić information content (AvgIpc) is 2.58. The van der Waals surface area contributed by atoms with E-state index in [9.17, 15) is 4.79 Å². The van der Waals surface area contributed by atoms with Crippen LogP contribution in [0.5, 0.6) is 0 Å². The molecule has 0 spiro atoms. The Morgan fingerprint density at radius 1 is 1.26 bits per heavy atom. The van der Waals surface area contributed by atoms with E-state index < -0.39 is 0 Å². The smallest absolute Gasteiger partial charge is 0.270 e. The third-order valence-corrected chi connectivity index (χ3v) is 3.54. The number of rotatable bonds is 7. The minimum absolute atomic E-state index is 0.185. The van der Waals surface area contributed by atoms with Crippen LogP contribution >= 0.6 is 0 Å². The van der Waals surface area contributed by atoms with E-state index in [1.807, 2.05) is 24.3 Å². The van der Waals surface area contributed by atoms with Gasteiger partial charge in [0.05, 0.1) is 11.9 Å². The van der Waals surface area contributed by atoms with Crippen LogP contribution in [0.1, 0.15) is 29.9 Å². The Morgan fingerprint density at radius 2 is 2.00 bits per heavy atom. The van der Waals surface area contributed by atoms with Crippen LogP contribution in [0.3, 0.4) is 0 Å². The lowest BCUT2D eigenvalue weighted by Crippen LogP contribution is -2.30. The van der Waals surface area contributed by atoms with Gasteiger partial charge >= 0.3 is 0 Å². The maximum absolute atomic E-state index is 11.9. The molecule has 1 heterocycles. The summed E-state index contributed by atoms with van der Waals surface area (Å²) in [5.41, 5.74) is 2.66. The summed E-state index contributed by atoms with van der Waals surface area (Å²) in [5, 5.41) is 2.73. The summed E-state index contributed by atoms with van der Waals surface area (Å²) in [6.07, 6.45) is 3.40. The van der Waals surface area contributed by atoms with Gasteiger partial charge in [0.2, 0.25) is 0 Å². The zero-order chi connectivity index (χ0) is 16.7. The van der Waals surface area contributed by atoms with Gasteiger partial charge in [0.1, 0.15) is 5.69 Å². The van der Waals surface area contributed by atoms with Crippen molar-refractivity contribution in [2.75, 3.05) is 11.4 Å². The lowest BCUT2D eigenvalue weighted by atomic mass is 10.1. The van der Waals surface area contributed by atoms with Crippen LogP contribution in [0, 0.1) is 0 Å². The van der Waals surface area contributed by atoms with Gasteiger partial charge in [0.25, 0.3) is 5.91 Å². The summed E-state index contributed by atoms with van der Waals surface area (Å²) in [6.45, 7) is 9.12. The molecule has 0 saturated heterocycles. The molecule has 1 aromatic heterocycles. The van der Waals surface area contributed by atoms with E-state index in [2.05, 4.69) is 47.8 Å². The van der Waals surface area contributed by atoms with Crippen LogP contribution in [-0.4, -0.2) is 23.5 Å². The number of hydrogen-bond donors (Lipinski definition) is 1. The van der Waals surface area contributed by atoms with Crippen molar-refractivity contribution in [1.82, 2.24) is 10.3 Å². The highest BCUT2D eigenvalue weighted by Gasteiger charge is 2.13. The van der Waals surface area contributed by atoms with Crippen molar-refractivity contribution in [2.24, 2.45) is 0 Å². The van der Waals surface area contributed by atoms with Crippen LogP contribution in [0.4, 0.5) is 5.69 Å². The molecule has 1 N–H and O–H groups in total. The molecule has 4 nitrogen and oxygen atoms in total. The van der Waals surface area contributed by atoms with Crippen LogP contribution in [0.15, 0.2) is 61.3 Å². The van der Waals surface area contributed by atoms with Gasteiger partial charge in [-0.25, -0.2) is 4.98 Å². The molecule has 4 heteroatoms. The molecule has 0 aliphatic heterocycles. The van der Waals surface area contributed by atoms with E-state index in [0.29, 0.717) is 18.3 Å². The number of aromatic nitrogens is 1. The standard InChI is InChI=1S/C19H23N3O/c1-4-12-20-19(23)18-11-10-17(13-21-18)22(15(2)3)14-16-8-6-5-7-9-16/h4-11,13,15H,1,12,14H2,2-3H3,(H,20,23). The molecule has 0 unspecified atom stereocenters. The number of amides is 1. The second-order valence-electron chi connectivity index (χ2n) is 5.61. The Bertz CT molecular complexity index is 635. The molecule has 1 amide bonds. The van der Waals surface area contributed by atoms with Crippen molar-refractivity contribution in [1.29, 1.82) is 0 Å². The van der Waals surface area contributed by atoms with Crippen LogP contribution < -0.4 is 10.2 Å². The van der Waals surface area contributed by atoms with E-state index in [1.54, 1.807) is 18.3 Å². The normalized spacial score (nSPS) is 10.4. The lowest BCUT2D eigenvalue weighted by molar-refractivity contribution is 0.0953. The first-order valence-electron chi connectivity index (χ1n) is 7.77. The number of pyridine rings is 1. The third kappa shape index (κ3) is 4.68. The molecule has 1 aromatic carbocycles. The Morgan fingerprint density at radius 3 is 2.57 bits per heavy atom. The summed E-state index contributed by atoms with van der Waals surface area (Å²) < 4.78 is 0. The molecule has 2 rings (SSSR count). The highest BCUT2D eigenvalue weighted by molar-refractivity contribution is 5.92. The SMILES string of the molecule is C=CCNC(=O)c1ccc(N(Cc2ccccc2)C(C)C)cn1. The Labute approximate surface area is 137 Å². The minimum Gasteiger partial charge on any atom is -0.364 e. The largest absolute Gasteiger partial charge is 0.364 e. The molecule has 2 aromatic rings. The highest BCUT2D eigenvalue weighted by Crippen LogP contribution is 2.19.